The molecular weight excluding hydrogens is 521 g/mol. The molecule has 6 rings (SSSR count). The van der Waals surface area contributed by atoms with E-state index in [4.69, 9.17) is 4.98 Å². The van der Waals surface area contributed by atoms with Crippen LogP contribution in [0.1, 0.15) is 0 Å². The first-order valence-electron chi connectivity index (χ1n) is 12.9. The van der Waals surface area contributed by atoms with E-state index in [0.717, 1.165) is 28.3 Å². The van der Waals surface area contributed by atoms with Crippen molar-refractivity contribution in [2.45, 2.75) is 9.79 Å². The summed E-state index contributed by atoms with van der Waals surface area (Å²) >= 11 is 3.65. The minimum absolute atomic E-state index is 1.01. The van der Waals surface area contributed by atoms with E-state index in [1.165, 1.54) is 47.2 Å². The number of benzene rings is 4. The largest absolute Gasteiger partial charge is 0.388 e. The summed E-state index contributed by atoms with van der Waals surface area (Å²) in [5.41, 5.74) is 10.1. The van der Waals surface area contributed by atoms with Crippen molar-refractivity contribution in [3.05, 3.63) is 66.0 Å². The van der Waals surface area contributed by atoms with Gasteiger partial charge in [-0.15, -0.1) is 11.3 Å². The van der Waals surface area contributed by atoms with Gasteiger partial charge in [0.15, 0.2) is 0 Å². The number of hydrogen-bond donors (Lipinski definition) is 2. The highest BCUT2D eigenvalue weighted by Gasteiger charge is 2.27. The van der Waals surface area contributed by atoms with Gasteiger partial charge in [-0.25, -0.2) is 9.56 Å². The number of hydrogen-bond acceptors (Lipinski definition) is 7. The molecule has 39 heavy (non-hydrogen) atoms. The van der Waals surface area contributed by atoms with E-state index in [1.807, 2.05) is 30.1 Å². The average molecular weight is 554 g/mol. The Morgan fingerprint density at radius 3 is 2.36 bits per heavy atom. The molecule has 0 atom stereocenters. The van der Waals surface area contributed by atoms with E-state index < -0.39 is 0 Å². The second-order valence-corrected chi connectivity index (χ2v) is 12.5. The van der Waals surface area contributed by atoms with Crippen LogP contribution in [0.4, 0.5) is 28.4 Å². The quantitative estimate of drug-likeness (QED) is 0.192. The molecule has 6 nitrogen and oxygen atoms in total. The molecule has 0 amide bonds. The number of nitrogens with one attached hydrogen (secondary N) is 2. The first-order chi connectivity index (χ1) is 18.7. The number of nitrogens with zero attached hydrogens (tertiary/aromatic N) is 4. The predicted molar refractivity (Wildman–Crippen MR) is 171 cm³/mol. The summed E-state index contributed by atoms with van der Waals surface area (Å²) in [4.78, 5) is 13.1. The van der Waals surface area contributed by atoms with Gasteiger partial charge >= 0.3 is 0 Å². The standard InChI is InChI=1S/C31H32N6S2/c1-32-22-12-13-23-30(38-26-16-18(35(2)3)8-10-20(26)33-23)28(22)29-25(37(6)7)15-14-24-31(29)39-27-17-19(36(4)5)9-11-21(27)34-24/h8-17,34H,1-7H3/p+1. The highest BCUT2D eigenvalue weighted by atomic mass is 32.2. The fourth-order valence-electron chi connectivity index (χ4n) is 5.04. The van der Waals surface area contributed by atoms with Crippen LogP contribution in [0.5, 0.6) is 0 Å². The number of rotatable bonds is 4. The molecular formula is C31H33N6S2+. The van der Waals surface area contributed by atoms with Crippen molar-refractivity contribution in [3.8, 4) is 21.7 Å². The van der Waals surface area contributed by atoms with Crippen LogP contribution in [0, 0.1) is 0 Å². The van der Waals surface area contributed by atoms with Crippen molar-refractivity contribution in [2.24, 2.45) is 0 Å². The molecule has 3 aromatic carbocycles. The lowest BCUT2D eigenvalue weighted by Gasteiger charge is -2.29. The maximum Gasteiger partial charge on any atom is 0.201 e. The summed E-state index contributed by atoms with van der Waals surface area (Å²) in [6.45, 7) is 0. The van der Waals surface area contributed by atoms with Crippen LogP contribution in [0.15, 0.2) is 70.5 Å². The summed E-state index contributed by atoms with van der Waals surface area (Å²) < 4.78 is 3.32. The zero-order chi connectivity index (χ0) is 27.4. The lowest BCUT2D eigenvalue weighted by molar-refractivity contribution is 0.814. The van der Waals surface area contributed by atoms with Gasteiger partial charge in [0.2, 0.25) is 5.36 Å². The van der Waals surface area contributed by atoms with Crippen molar-refractivity contribution in [3.63, 3.8) is 0 Å². The smallest absolute Gasteiger partial charge is 0.201 e. The molecule has 0 spiro atoms. The Kier molecular flexibility index (Phi) is 6.40. The van der Waals surface area contributed by atoms with Gasteiger partial charge in [0.1, 0.15) is 14.1 Å². The zero-order valence-corrected chi connectivity index (χ0v) is 25.0. The molecule has 2 heterocycles. The van der Waals surface area contributed by atoms with Crippen molar-refractivity contribution < 1.29 is 0 Å². The van der Waals surface area contributed by atoms with Crippen LogP contribution >= 0.6 is 23.1 Å². The van der Waals surface area contributed by atoms with Gasteiger partial charge < -0.3 is 20.4 Å². The minimum atomic E-state index is 1.01. The van der Waals surface area contributed by atoms with E-state index in [2.05, 4.69) is 128 Å². The van der Waals surface area contributed by atoms with Gasteiger partial charge in [-0.2, -0.15) is 0 Å². The van der Waals surface area contributed by atoms with Crippen LogP contribution < -0.4 is 30.4 Å². The number of anilines is 5. The topological polar surface area (TPSA) is 46.4 Å². The van der Waals surface area contributed by atoms with E-state index in [0.29, 0.717) is 0 Å². The maximum absolute atomic E-state index is 5.12. The second-order valence-electron chi connectivity index (χ2n) is 10.4. The Hall–Kier alpha value is -3.75. The van der Waals surface area contributed by atoms with E-state index in [1.54, 1.807) is 0 Å². The monoisotopic (exact) mass is 553 g/mol. The van der Waals surface area contributed by atoms with Crippen molar-refractivity contribution >= 4 is 61.8 Å². The molecule has 8 heteroatoms. The third-order valence-electron chi connectivity index (χ3n) is 7.15. The summed E-state index contributed by atoms with van der Waals surface area (Å²) in [5.74, 6) is 0. The van der Waals surface area contributed by atoms with Gasteiger partial charge in [0.25, 0.3) is 0 Å². The Morgan fingerprint density at radius 1 is 0.846 bits per heavy atom. The molecule has 3 aliphatic rings. The molecule has 2 N–H and O–H groups in total. The van der Waals surface area contributed by atoms with Gasteiger partial charge in [0, 0.05) is 85.4 Å². The molecule has 0 saturated carbocycles. The molecule has 1 aliphatic carbocycles. The molecule has 2 aliphatic heterocycles. The fourth-order valence-corrected chi connectivity index (χ4v) is 7.35. The Balaban J connectivity index is 1.68. The van der Waals surface area contributed by atoms with E-state index in [9.17, 15) is 0 Å². The average Bonchev–Trinajstić information content (AvgIpc) is 2.93. The normalized spacial score (nSPS) is 12.1. The summed E-state index contributed by atoms with van der Waals surface area (Å²) in [6.07, 6.45) is 0. The van der Waals surface area contributed by atoms with Crippen LogP contribution in [0.25, 0.3) is 31.9 Å². The molecule has 0 saturated heterocycles. The van der Waals surface area contributed by atoms with Gasteiger partial charge in [-0.05, 0) is 48.5 Å². The molecule has 0 radical (unpaired) electrons. The zero-order valence-electron chi connectivity index (χ0n) is 23.4. The number of fused-ring (bicyclic) bond motifs is 4. The SMILES string of the molecule is CNc1ccc2nc3ccc(=[N+](C)C)cc-3sc2c1-c1c(N(C)C)ccc2c1Sc1cc(N(C)C)ccc1N2. The second kappa shape index (κ2) is 9.77. The van der Waals surface area contributed by atoms with Gasteiger partial charge in [-0.3, -0.25) is 0 Å². The lowest BCUT2D eigenvalue weighted by atomic mass is 9.99. The van der Waals surface area contributed by atoms with Crippen LogP contribution in [0.3, 0.4) is 0 Å². The Labute approximate surface area is 238 Å². The maximum atomic E-state index is 5.12. The molecule has 3 aromatic rings. The highest BCUT2D eigenvalue weighted by molar-refractivity contribution is 8.00. The molecule has 0 unspecified atom stereocenters. The van der Waals surface area contributed by atoms with Gasteiger partial charge in [0.05, 0.1) is 32.2 Å². The number of aromatic nitrogens is 1. The van der Waals surface area contributed by atoms with Crippen molar-refractivity contribution in [1.82, 2.24) is 9.56 Å². The van der Waals surface area contributed by atoms with Crippen molar-refractivity contribution in [1.29, 1.82) is 0 Å². The fraction of sp³-hybridized carbons (Fsp3) is 0.226. The van der Waals surface area contributed by atoms with Crippen molar-refractivity contribution in [2.75, 3.05) is 69.8 Å². The van der Waals surface area contributed by atoms with Crippen LogP contribution in [-0.4, -0.2) is 54.3 Å². The first-order valence-corrected chi connectivity index (χ1v) is 14.5. The van der Waals surface area contributed by atoms with Crippen LogP contribution in [-0.2, 0) is 0 Å². The molecule has 0 fully saturated rings. The third-order valence-corrected chi connectivity index (χ3v) is 9.50. The van der Waals surface area contributed by atoms with E-state index >= 15 is 0 Å². The Morgan fingerprint density at radius 2 is 1.64 bits per heavy atom. The Bertz CT molecular complexity index is 1780. The minimum Gasteiger partial charge on any atom is -0.388 e. The molecule has 0 aromatic heterocycles. The lowest BCUT2D eigenvalue weighted by Crippen LogP contribution is -2.21. The summed E-state index contributed by atoms with van der Waals surface area (Å²) in [6, 6.07) is 21.8. The summed E-state index contributed by atoms with van der Waals surface area (Å²) in [7, 11) is 14.6. The first kappa shape index (κ1) is 25.5. The van der Waals surface area contributed by atoms with Crippen LogP contribution in [0.2, 0.25) is 0 Å². The molecule has 0 bridgehead atoms. The highest BCUT2D eigenvalue weighted by Crippen LogP contribution is 2.54. The molecule has 198 valence electrons. The third kappa shape index (κ3) is 4.37. The van der Waals surface area contributed by atoms with E-state index in [-0.39, 0.29) is 0 Å². The summed E-state index contributed by atoms with van der Waals surface area (Å²) in [5, 5.41) is 8.39. The van der Waals surface area contributed by atoms with Gasteiger partial charge in [-0.1, -0.05) is 11.8 Å². The predicted octanol–water partition coefficient (Wildman–Crippen LogP) is 6.48.